The maximum absolute atomic E-state index is 13.4. The molecule has 3 nitrogen and oxygen atoms in total. The number of aryl methyl sites for hydroxylation is 1. The van der Waals surface area contributed by atoms with Crippen LogP contribution in [0, 0.1) is 17.5 Å². The molecule has 0 aliphatic heterocycles. The predicted octanol–water partition coefficient (Wildman–Crippen LogP) is 2.75. The first kappa shape index (κ1) is 13.3. The second kappa shape index (κ2) is 5.26. The van der Waals surface area contributed by atoms with E-state index in [1.807, 2.05) is 6.92 Å². The van der Waals surface area contributed by atoms with Crippen molar-refractivity contribution in [2.24, 2.45) is 0 Å². The summed E-state index contributed by atoms with van der Waals surface area (Å²) in [5.74, 6) is -4.17. The van der Waals surface area contributed by atoms with Crippen LogP contribution in [-0.4, -0.2) is 15.6 Å². The number of ketones is 1. The number of rotatable bonds is 4. The minimum Gasteiger partial charge on any atom is -0.294 e. The van der Waals surface area contributed by atoms with Crippen LogP contribution >= 0.6 is 0 Å². The van der Waals surface area contributed by atoms with Gasteiger partial charge in [0, 0.05) is 31.3 Å². The first-order valence-corrected chi connectivity index (χ1v) is 5.70. The van der Waals surface area contributed by atoms with Crippen molar-refractivity contribution < 1.29 is 18.0 Å². The van der Waals surface area contributed by atoms with Crippen LogP contribution < -0.4 is 0 Å². The summed E-state index contributed by atoms with van der Waals surface area (Å²) in [5.41, 5.74) is -0.166. The molecule has 1 aromatic carbocycles. The Bertz CT molecular complexity index is 599. The maximum Gasteiger partial charge on any atom is 0.173 e. The van der Waals surface area contributed by atoms with Crippen molar-refractivity contribution >= 4 is 5.78 Å². The Labute approximate surface area is 107 Å². The fourth-order valence-corrected chi connectivity index (χ4v) is 1.75. The van der Waals surface area contributed by atoms with Gasteiger partial charge in [-0.15, -0.1) is 0 Å². The summed E-state index contributed by atoms with van der Waals surface area (Å²) in [6.07, 6.45) is 2.90. The van der Waals surface area contributed by atoms with Crippen LogP contribution in [0.1, 0.15) is 22.8 Å². The van der Waals surface area contributed by atoms with Gasteiger partial charge in [0.2, 0.25) is 0 Å². The summed E-state index contributed by atoms with van der Waals surface area (Å²) >= 11 is 0. The number of aromatic nitrogens is 2. The fourth-order valence-electron chi connectivity index (χ4n) is 1.75. The summed E-state index contributed by atoms with van der Waals surface area (Å²) in [6, 6.07) is 0.984. The number of hydrogen-bond donors (Lipinski definition) is 0. The average molecular weight is 268 g/mol. The van der Waals surface area contributed by atoms with Crippen molar-refractivity contribution in [2.75, 3.05) is 0 Å². The molecule has 0 unspecified atom stereocenters. The van der Waals surface area contributed by atoms with Crippen LogP contribution in [0.2, 0.25) is 0 Å². The molecule has 0 aliphatic rings. The monoisotopic (exact) mass is 268 g/mol. The Kier molecular flexibility index (Phi) is 3.69. The van der Waals surface area contributed by atoms with Gasteiger partial charge in [-0.25, -0.2) is 13.2 Å². The molecule has 0 amide bonds. The van der Waals surface area contributed by atoms with E-state index in [1.54, 1.807) is 10.9 Å². The number of benzene rings is 1. The molecular formula is C13H11F3N2O. The normalized spacial score (nSPS) is 10.7. The Balaban J connectivity index is 2.25. The van der Waals surface area contributed by atoms with Crippen LogP contribution in [0.3, 0.4) is 0 Å². The van der Waals surface area contributed by atoms with E-state index in [9.17, 15) is 18.0 Å². The Morgan fingerprint density at radius 2 is 1.89 bits per heavy atom. The van der Waals surface area contributed by atoms with Crippen molar-refractivity contribution in [1.82, 2.24) is 9.78 Å². The van der Waals surface area contributed by atoms with Gasteiger partial charge >= 0.3 is 0 Å². The van der Waals surface area contributed by atoms with E-state index >= 15 is 0 Å². The molecule has 0 spiro atoms. The summed E-state index contributed by atoms with van der Waals surface area (Å²) in [6.45, 7) is 2.51. The largest absolute Gasteiger partial charge is 0.294 e. The number of nitrogens with zero attached hydrogens (tertiary/aromatic N) is 2. The minimum absolute atomic E-state index is 0.181. The van der Waals surface area contributed by atoms with E-state index in [1.165, 1.54) is 6.20 Å². The first-order valence-electron chi connectivity index (χ1n) is 5.70. The number of carbonyl (C=O) groups is 1. The number of halogens is 3. The van der Waals surface area contributed by atoms with Crippen molar-refractivity contribution in [3.63, 3.8) is 0 Å². The van der Waals surface area contributed by atoms with Crippen molar-refractivity contribution in [1.29, 1.82) is 0 Å². The number of carbonyl (C=O) groups excluding carboxylic acids is 1. The summed E-state index contributed by atoms with van der Waals surface area (Å²) in [5, 5.41) is 3.96. The van der Waals surface area contributed by atoms with Crippen LogP contribution in [-0.2, 0) is 13.0 Å². The predicted molar refractivity (Wildman–Crippen MR) is 62.3 cm³/mol. The van der Waals surface area contributed by atoms with E-state index in [4.69, 9.17) is 0 Å². The van der Waals surface area contributed by atoms with Gasteiger partial charge in [-0.1, -0.05) is 0 Å². The molecule has 0 fully saturated rings. The van der Waals surface area contributed by atoms with E-state index < -0.39 is 28.8 Å². The van der Waals surface area contributed by atoms with Crippen LogP contribution in [0.4, 0.5) is 13.2 Å². The second-order valence-corrected chi connectivity index (χ2v) is 4.05. The molecule has 0 atom stereocenters. The lowest BCUT2D eigenvalue weighted by Gasteiger charge is -2.03. The molecule has 0 saturated heterocycles. The van der Waals surface area contributed by atoms with Crippen molar-refractivity contribution in [2.45, 2.75) is 19.9 Å². The van der Waals surface area contributed by atoms with Gasteiger partial charge in [0.25, 0.3) is 0 Å². The molecular weight excluding hydrogens is 257 g/mol. The quantitative estimate of drug-likeness (QED) is 0.799. The van der Waals surface area contributed by atoms with Gasteiger partial charge in [0.1, 0.15) is 17.5 Å². The fraction of sp³-hybridized carbons (Fsp3) is 0.231. The maximum atomic E-state index is 13.4. The molecule has 0 N–H and O–H groups in total. The summed E-state index contributed by atoms with van der Waals surface area (Å²) < 4.78 is 41.2. The highest BCUT2D eigenvalue weighted by atomic mass is 19.1. The van der Waals surface area contributed by atoms with Gasteiger partial charge in [-0.3, -0.25) is 9.48 Å². The highest BCUT2D eigenvalue weighted by Crippen LogP contribution is 2.17. The highest BCUT2D eigenvalue weighted by molar-refractivity contribution is 5.97. The van der Waals surface area contributed by atoms with Gasteiger partial charge in [-0.05, 0) is 12.5 Å². The zero-order chi connectivity index (χ0) is 14.0. The van der Waals surface area contributed by atoms with Gasteiger partial charge in [-0.2, -0.15) is 5.10 Å². The molecule has 1 aromatic heterocycles. The van der Waals surface area contributed by atoms with Crippen molar-refractivity contribution in [3.05, 3.63) is 53.1 Å². The molecule has 0 radical (unpaired) electrons. The van der Waals surface area contributed by atoms with Crippen LogP contribution in [0.5, 0.6) is 0 Å². The van der Waals surface area contributed by atoms with E-state index in [2.05, 4.69) is 5.10 Å². The molecule has 6 heteroatoms. The molecule has 0 aliphatic carbocycles. The van der Waals surface area contributed by atoms with E-state index in [0.29, 0.717) is 24.2 Å². The van der Waals surface area contributed by atoms with Crippen molar-refractivity contribution in [3.8, 4) is 0 Å². The second-order valence-electron chi connectivity index (χ2n) is 4.05. The average Bonchev–Trinajstić information content (AvgIpc) is 2.75. The summed E-state index contributed by atoms with van der Waals surface area (Å²) in [4.78, 5) is 11.8. The zero-order valence-corrected chi connectivity index (χ0v) is 10.2. The topological polar surface area (TPSA) is 34.9 Å². The Hall–Kier alpha value is -2.11. The SMILES string of the molecule is CCn1cc(CC(=O)c2c(F)cc(F)cc2F)cn1. The van der Waals surface area contributed by atoms with E-state index in [0.717, 1.165) is 0 Å². The third-order valence-corrected chi connectivity index (χ3v) is 2.66. The van der Waals surface area contributed by atoms with Gasteiger partial charge in [0.05, 0.1) is 11.8 Å². The molecule has 2 rings (SSSR count). The molecule has 1 heterocycles. The lowest BCUT2D eigenvalue weighted by atomic mass is 10.0. The lowest BCUT2D eigenvalue weighted by Crippen LogP contribution is -2.09. The molecule has 19 heavy (non-hydrogen) atoms. The molecule has 100 valence electrons. The zero-order valence-electron chi connectivity index (χ0n) is 10.2. The molecule has 0 saturated carbocycles. The number of hydrogen-bond acceptors (Lipinski definition) is 2. The molecule has 2 aromatic rings. The van der Waals surface area contributed by atoms with E-state index in [-0.39, 0.29) is 6.42 Å². The van der Waals surface area contributed by atoms with Crippen LogP contribution in [0.15, 0.2) is 24.5 Å². The third-order valence-electron chi connectivity index (χ3n) is 2.66. The van der Waals surface area contributed by atoms with Gasteiger partial charge < -0.3 is 0 Å². The van der Waals surface area contributed by atoms with Gasteiger partial charge in [0.15, 0.2) is 5.78 Å². The first-order chi connectivity index (χ1) is 9.01. The number of Topliss-reactive ketones (excluding diaryl/α,β-unsaturated/α-hetero) is 1. The third kappa shape index (κ3) is 2.83. The minimum atomic E-state index is -1.19. The Morgan fingerprint density at radius 1 is 1.26 bits per heavy atom. The highest BCUT2D eigenvalue weighted by Gasteiger charge is 2.19. The lowest BCUT2D eigenvalue weighted by molar-refractivity contribution is 0.0984. The Morgan fingerprint density at radius 3 is 2.42 bits per heavy atom. The molecule has 0 bridgehead atoms. The summed E-state index contributed by atoms with van der Waals surface area (Å²) in [7, 11) is 0. The van der Waals surface area contributed by atoms with Crippen LogP contribution in [0.25, 0.3) is 0 Å². The standard InChI is InChI=1S/C13H11F3N2O/c1-2-18-7-8(6-17-18)3-12(19)13-10(15)4-9(14)5-11(13)16/h4-7H,2-3H2,1H3. The smallest absolute Gasteiger partial charge is 0.173 e.